The molecule has 0 saturated carbocycles. The van der Waals surface area contributed by atoms with E-state index in [2.05, 4.69) is 26.0 Å². The van der Waals surface area contributed by atoms with Crippen LogP contribution in [-0.4, -0.2) is 12.7 Å². The van der Waals surface area contributed by atoms with Gasteiger partial charge in [-0.2, -0.15) is 0 Å². The van der Waals surface area contributed by atoms with Gasteiger partial charge in [0.1, 0.15) is 0 Å². The van der Waals surface area contributed by atoms with E-state index in [9.17, 15) is 0 Å². The number of methoxy groups -OCH3 is 1. The van der Waals surface area contributed by atoms with Gasteiger partial charge in [0.2, 0.25) is 0 Å². The molecule has 0 fully saturated rings. The lowest BCUT2D eigenvalue weighted by Gasteiger charge is -2.36. The van der Waals surface area contributed by atoms with Crippen molar-refractivity contribution in [3.8, 4) is 0 Å². The van der Waals surface area contributed by atoms with E-state index in [0.29, 0.717) is 0 Å². The largest absolute Gasteiger partial charge is 0.376 e. The molecule has 0 amide bonds. The molecule has 0 aliphatic heterocycles. The minimum absolute atomic E-state index is 0.0568. The molecule has 15 heavy (non-hydrogen) atoms. The molecule has 0 heterocycles. The second-order valence-electron chi connectivity index (χ2n) is 3.86. The highest BCUT2D eigenvalue weighted by atomic mass is 16.5. The number of rotatable bonds is 5. The second kappa shape index (κ2) is 5.29. The number of hydrogen-bond donors (Lipinski definition) is 1. The summed E-state index contributed by atoms with van der Waals surface area (Å²) < 4.78 is 5.63. The summed E-state index contributed by atoms with van der Waals surface area (Å²) in [4.78, 5) is 0. The quantitative estimate of drug-likeness (QED) is 0.805. The molecule has 1 unspecified atom stereocenters. The Morgan fingerprint density at radius 1 is 1.20 bits per heavy atom. The van der Waals surface area contributed by atoms with E-state index in [-0.39, 0.29) is 11.6 Å². The van der Waals surface area contributed by atoms with Gasteiger partial charge in [0, 0.05) is 7.11 Å². The van der Waals surface area contributed by atoms with Crippen molar-refractivity contribution in [2.75, 3.05) is 7.11 Å². The zero-order chi connectivity index (χ0) is 11.3. The maximum atomic E-state index is 6.28. The normalized spacial score (nSPS) is 13.9. The van der Waals surface area contributed by atoms with Crippen molar-refractivity contribution in [3.05, 3.63) is 35.9 Å². The lowest BCUT2D eigenvalue weighted by Crippen LogP contribution is -2.42. The zero-order valence-corrected chi connectivity index (χ0v) is 9.86. The van der Waals surface area contributed by atoms with Crippen LogP contribution < -0.4 is 5.73 Å². The minimum atomic E-state index is -0.235. The van der Waals surface area contributed by atoms with Crippen molar-refractivity contribution in [3.63, 3.8) is 0 Å². The summed E-state index contributed by atoms with van der Waals surface area (Å²) >= 11 is 0. The average molecular weight is 207 g/mol. The molecule has 1 rings (SSSR count). The van der Waals surface area contributed by atoms with E-state index < -0.39 is 0 Å². The molecule has 0 radical (unpaired) electrons. The van der Waals surface area contributed by atoms with Gasteiger partial charge in [-0.1, -0.05) is 44.2 Å². The molecule has 0 bridgehead atoms. The van der Waals surface area contributed by atoms with Crippen LogP contribution in [0.25, 0.3) is 0 Å². The first kappa shape index (κ1) is 12.2. The third-order valence-electron chi connectivity index (χ3n) is 3.33. The van der Waals surface area contributed by atoms with E-state index >= 15 is 0 Å². The molecule has 0 spiro atoms. The Kier molecular flexibility index (Phi) is 4.30. The van der Waals surface area contributed by atoms with Crippen LogP contribution in [0.3, 0.4) is 0 Å². The van der Waals surface area contributed by atoms with Crippen LogP contribution in [0, 0.1) is 0 Å². The molecule has 0 aliphatic carbocycles. The molecular weight excluding hydrogens is 186 g/mol. The maximum Gasteiger partial charge on any atom is 0.0865 e. The molecule has 0 aromatic heterocycles. The summed E-state index contributed by atoms with van der Waals surface area (Å²) in [6, 6.07) is 10.1. The number of benzene rings is 1. The van der Waals surface area contributed by atoms with E-state index in [4.69, 9.17) is 10.5 Å². The highest BCUT2D eigenvalue weighted by Crippen LogP contribution is 2.32. The molecule has 2 heteroatoms. The standard InChI is InChI=1S/C13H21NO/c1-4-13(5-2,15-3)12(14)11-9-7-6-8-10-11/h6-10,12H,4-5,14H2,1-3H3. The molecule has 0 saturated heterocycles. The number of ether oxygens (including phenoxy) is 1. The fourth-order valence-electron chi connectivity index (χ4n) is 2.07. The molecule has 0 aliphatic rings. The predicted octanol–water partition coefficient (Wildman–Crippen LogP) is 2.89. The van der Waals surface area contributed by atoms with Gasteiger partial charge in [0.15, 0.2) is 0 Å². The Bertz CT molecular complexity index is 272. The molecule has 1 aromatic rings. The Labute approximate surface area is 92.4 Å². The molecule has 84 valence electrons. The van der Waals surface area contributed by atoms with Gasteiger partial charge in [0.05, 0.1) is 11.6 Å². The summed E-state index contributed by atoms with van der Waals surface area (Å²) in [5.74, 6) is 0. The van der Waals surface area contributed by atoms with Crippen molar-refractivity contribution >= 4 is 0 Å². The predicted molar refractivity (Wildman–Crippen MR) is 63.7 cm³/mol. The van der Waals surface area contributed by atoms with Gasteiger partial charge in [-0.25, -0.2) is 0 Å². The fourth-order valence-corrected chi connectivity index (χ4v) is 2.07. The van der Waals surface area contributed by atoms with Gasteiger partial charge in [-0.15, -0.1) is 0 Å². The summed E-state index contributed by atoms with van der Waals surface area (Å²) in [7, 11) is 1.75. The lowest BCUT2D eigenvalue weighted by molar-refractivity contribution is -0.0385. The molecule has 1 aromatic carbocycles. The summed E-state index contributed by atoms with van der Waals surface area (Å²) in [5, 5.41) is 0. The van der Waals surface area contributed by atoms with Gasteiger partial charge >= 0.3 is 0 Å². The van der Waals surface area contributed by atoms with E-state index in [1.807, 2.05) is 18.2 Å². The van der Waals surface area contributed by atoms with Gasteiger partial charge in [0.25, 0.3) is 0 Å². The fraction of sp³-hybridized carbons (Fsp3) is 0.538. The van der Waals surface area contributed by atoms with Crippen molar-refractivity contribution in [2.45, 2.75) is 38.3 Å². The van der Waals surface area contributed by atoms with Gasteiger partial charge in [-0.3, -0.25) is 0 Å². The Balaban J connectivity index is 2.95. The number of hydrogen-bond acceptors (Lipinski definition) is 2. The van der Waals surface area contributed by atoms with Crippen molar-refractivity contribution < 1.29 is 4.74 Å². The first-order valence-corrected chi connectivity index (χ1v) is 5.56. The van der Waals surface area contributed by atoms with Crippen LogP contribution in [0.2, 0.25) is 0 Å². The highest BCUT2D eigenvalue weighted by Gasteiger charge is 2.33. The van der Waals surface area contributed by atoms with Gasteiger partial charge < -0.3 is 10.5 Å². The van der Waals surface area contributed by atoms with Crippen LogP contribution in [0.1, 0.15) is 38.3 Å². The lowest BCUT2D eigenvalue weighted by atomic mass is 9.84. The van der Waals surface area contributed by atoms with Gasteiger partial charge in [-0.05, 0) is 18.4 Å². The molecule has 1 atom stereocenters. The van der Waals surface area contributed by atoms with E-state index in [1.54, 1.807) is 7.11 Å². The molecule has 2 N–H and O–H groups in total. The van der Waals surface area contributed by atoms with E-state index in [1.165, 1.54) is 0 Å². The first-order chi connectivity index (χ1) is 7.20. The topological polar surface area (TPSA) is 35.2 Å². The number of nitrogens with two attached hydrogens (primary N) is 1. The Morgan fingerprint density at radius 2 is 1.73 bits per heavy atom. The zero-order valence-electron chi connectivity index (χ0n) is 9.86. The first-order valence-electron chi connectivity index (χ1n) is 5.56. The van der Waals surface area contributed by atoms with Crippen LogP contribution in [0.15, 0.2) is 30.3 Å². The summed E-state index contributed by atoms with van der Waals surface area (Å²) in [5.41, 5.74) is 7.19. The monoisotopic (exact) mass is 207 g/mol. The van der Waals surface area contributed by atoms with Crippen molar-refractivity contribution in [1.82, 2.24) is 0 Å². The van der Waals surface area contributed by atoms with Crippen LogP contribution in [-0.2, 0) is 4.74 Å². The summed E-state index contributed by atoms with van der Waals surface area (Å²) in [6.45, 7) is 4.24. The van der Waals surface area contributed by atoms with Crippen molar-refractivity contribution in [1.29, 1.82) is 0 Å². The highest BCUT2D eigenvalue weighted by molar-refractivity contribution is 5.21. The average Bonchev–Trinajstić information content (AvgIpc) is 2.33. The maximum absolute atomic E-state index is 6.28. The molecular formula is C13H21NO. The third kappa shape index (κ3) is 2.39. The van der Waals surface area contributed by atoms with Crippen LogP contribution in [0.4, 0.5) is 0 Å². The van der Waals surface area contributed by atoms with E-state index in [0.717, 1.165) is 18.4 Å². The minimum Gasteiger partial charge on any atom is -0.376 e. The third-order valence-corrected chi connectivity index (χ3v) is 3.33. The van der Waals surface area contributed by atoms with Crippen LogP contribution in [0.5, 0.6) is 0 Å². The Morgan fingerprint density at radius 3 is 2.13 bits per heavy atom. The molecule has 2 nitrogen and oxygen atoms in total. The van der Waals surface area contributed by atoms with Crippen molar-refractivity contribution in [2.24, 2.45) is 5.73 Å². The Hall–Kier alpha value is -0.860. The second-order valence-corrected chi connectivity index (χ2v) is 3.86. The summed E-state index contributed by atoms with van der Waals surface area (Å²) in [6.07, 6.45) is 1.85. The van der Waals surface area contributed by atoms with Crippen LogP contribution >= 0.6 is 0 Å². The SMILES string of the molecule is CCC(CC)(OC)C(N)c1ccccc1. The smallest absolute Gasteiger partial charge is 0.0865 e.